The molecule has 0 saturated carbocycles. The Morgan fingerprint density at radius 3 is 2.86 bits per heavy atom. The number of carbonyl (C=O) groups excluding carboxylic acids is 3. The fraction of sp³-hybridized carbons (Fsp3) is 0.250. The van der Waals surface area contributed by atoms with E-state index >= 15 is 0 Å². The van der Waals surface area contributed by atoms with E-state index in [4.69, 9.17) is 16.3 Å². The number of hydrogen-bond acceptors (Lipinski definition) is 5. The number of anilines is 2. The Morgan fingerprint density at radius 1 is 1.29 bits per heavy atom. The number of nitrogens with zero attached hydrogens (tertiary/aromatic N) is 1. The van der Waals surface area contributed by atoms with Gasteiger partial charge in [-0.3, -0.25) is 14.5 Å². The minimum atomic E-state index is -1.13. The molecule has 2 aliphatic heterocycles. The monoisotopic (exact) mass is 416 g/mol. The van der Waals surface area contributed by atoms with Crippen molar-refractivity contribution in [1.29, 1.82) is 0 Å². The molecule has 1 N–H and O–H groups in total. The van der Waals surface area contributed by atoms with Crippen molar-refractivity contribution in [3.8, 4) is 0 Å². The topological polar surface area (TPSA) is 75.7 Å². The first-order chi connectivity index (χ1) is 13.4. The van der Waals surface area contributed by atoms with E-state index in [9.17, 15) is 14.4 Å². The first-order valence-corrected chi connectivity index (χ1v) is 9.94. The molecule has 1 atom stereocenters. The third-order valence-electron chi connectivity index (χ3n) is 4.78. The molecule has 1 fully saturated rings. The van der Waals surface area contributed by atoms with Gasteiger partial charge in [0.2, 0.25) is 5.91 Å². The number of benzene rings is 2. The van der Waals surface area contributed by atoms with Crippen LogP contribution >= 0.6 is 23.4 Å². The Bertz CT molecular complexity index is 996. The molecule has 1 saturated heterocycles. The Kier molecular flexibility index (Phi) is 4.81. The molecule has 28 heavy (non-hydrogen) atoms. The lowest BCUT2D eigenvalue weighted by molar-refractivity contribution is -0.149. The molecule has 0 aromatic heterocycles. The van der Waals surface area contributed by atoms with Crippen LogP contribution in [0.4, 0.5) is 11.4 Å². The van der Waals surface area contributed by atoms with Gasteiger partial charge in [-0.15, -0.1) is 0 Å². The van der Waals surface area contributed by atoms with Gasteiger partial charge in [-0.25, -0.2) is 4.79 Å². The number of para-hydroxylation sites is 1. The van der Waals surface area contributed by atoms with Crippen LogP contribution in [-0.4, -0.2) is 29.3 Å². The van der Waals surface area contributed by atoms with E-state index in [1.165, 1.54) is 16.7 Å². The van der Waals surface area contributed by atoms with Gasteiger partial charge in [0, 0.05) is 28.4 Å². The molecule has 2 aromatic carbocycles. The van der Waals surface area contributed by atoms with Crippen molar-refractivity contribution in [2.45, 2.75) is 29.5 Å². The molecule has 2 aromatic rings. The van der Waals surface area contributed by atoms with Crippen LogP contribution in [0, 0.1) is 6.92 Å². The zero-order valence-corrected chi connectivity index (χ0v) is 16.6. The molecule has 144 valence electrons. The van der Waals surface area contributed by atoms with Crippen molar-refractivity contribution < 1.29 is 19.1 Å². The fourth-order valence-corrected chi connectivity index (χ4v) is 4.98. The predicted molar refractivity (Wildman–Crippen MR) is 108 cm³/mol. The van der Waals surface area contributed by atoms with Crippen LogP contribution in [0.1, 0.15) is 18.4 Å². The highest BCUT2D eigenvalue weighted by atomic mass is 35.5. The summed E-state index contributed by atoms with van der Waals surface area (Å²) in [5.74, 6) is -1.18. The third kappa shape index (κ3) is 3.14. The number of aryl methyl sites for hydroxylation is 1. The predicted octanol–water partition coefficient (Wildman–Crippen LogP) is 3.76. The molecule has 0 bridgehead atoms. The molecular formula is C20H17ClN2O4S. The number of ether oxygens (including phenoxy) is 1. The Labute approximate surface area is 171 Å². The van der Waals surface area contributed by atoms with Gasteiger partial charge in [-0.2, -0.15) is 0 Å². The lowest BCUT2D eigenvalue weighted by atomic mass is 10.2. The normalized spacial score (nSPS) is 19.9. The number of amides is 2. The summed E-state index contributed by atoms with van der Waals surface area (Å²) in [6, 6.07) is 12.5. The summed E-state index contributed by atoms with van der Waals surface area (Å²) >= 11 is 7.36. The van der Waals surface area contributed by atoms with E-state index in [1.807, 2.05) is 31.2 Å². The number of hydrogen-bond donors (Lipinski definition) is 1. The number of carbonyl (C=O) groups is 3. The van der Waals surface area contributed by atoms with Crippen molar-refractivity contribution in [3.05, 3.63) is 53.1 Å². The molecule has 0 aliphatic carbocycles. The SMILES string of the molecule is Cc1ccc(NC(=O)COC(=O)C23CCC(=O)N2c2ccccc2S3)cc1Cl. The molecule has 2 amide bonds. The van der Waals surface area contributed by atoms with Gasteiger partial charge in [0.25, 0.3) is 5.91 Å². The van der Waals surface area contributed by atoms with Gasteiger partial charge in [0.15, 0.2) is 11.5 Å². The van der Waals surface area contributed by atoms with Crippen molar-refractivity contribution >= 4 is 52.5 Å². The number of nitrogens with one attached hydrogen (secondary N) is 1. The Hall–Kier alpha value is -2.51. The van der Waals surface area contributed by atoms with Crippen LogP contribution in [0.2, 0.25) is 5.02 Å². The smallest absolute Gasteiger partial charge is 0.344 e. The van der Waals surface area contributed by atoms with Gasteiger partial charge in [0.1, 0.15) is 0 Å². The maximum absolute atomic E-state index is 12.9. The Balaban J connectivity index is 1.44. The summed E-state index contributed by atoms with van der Waals surface area (Å²) in [7, 11) is 0. The number of fused-ring (bicyclic) bond motifs is 3. The highest BCUT2D eigenvalue weighted by Gasteiger charge is 2.58. The van der Waals surface area contributed by atoms with Gasteiger partial charge < -0.3 is 10.1 Å². The Morgan fingerprint density at radius 2 is 2.07 bits per heavy atom. The number of thioether (sulfide) groups is 1. The first kappa shape index (κ1) is 18.8. The van der Waals surface area contributed by atoms with Crippen molar-refractivity contribution in [1.82, 2.24) is 0 Å². The zero-order chi connectivity index (χ0) is 19.9. The van der Waals surface area contributed by atoms with E-state index in [-0.39, 0.29) is 12.3 Å². The van der Waals surface area contributed by atoms with Crippen LogP contribution in [0.5, 0.6) is 0 Å². The van der Waals surface area contributed by atoms with Crippen LogP contribution < -0.4 is 10.2 Å². The molecule has 0 spiro atoms. The average molecular weight is 417 g/mol. The van der Waals surface area contributed by atoms with Crippen LogP contribution in [0.15, 0.2) is 47.4 Å². The summed E-state index contributed by atoms with van der Waals surface area (Å²) in [6.45, 7) is 1.42. The molecule has 6 nitrogen and oxygen atoms in total. The van der Waals surface area contributed by atoms with Gasteiger partial charge >= 0.3 is 5.97 Å². The maximum Gasteiger partial charge on any atom is 0.344 e. The minimum Gasteiger partial charge on any atom is -0.453 e. The van der Waals surface area contributed by atoms with Crippen molar-refractivity contribution in [2.24, 2.45) is 0 Å². The summed E-state index contributed by atoms with van der Waals surface area (Å²) in [5, 5.41) is 3.19. The molecule has 4 rings (SSSR count). The van der Waals surface area contributed by atoms with Gasteiger partial charge in [0.05, 0.1) is 5.69 Å². The standard InChI is InChI=1S/C20H17ClN2O4S/c1-12-6-7-13(10-14(12)21)22-17(24)11-27-19(26)20-9-8-18(25)23(20)15-4-2-3-5-16(15)28-20/h2-7,10H,8-9,11H2,1H3,(H,22,24). The van der Waals surface area contributed by atoms with Gasteiger partial charge in [-0.05, 0) is 36.8 Å². The van der Waals surface area contributed by atoms with E-state index in [1.54, 1.807) is 18.2 Å². The van der Waals surface area contributed by atoms with E-state index < -0.39 is 23.4 Å². The summed E-state index contributed by atoms with van der Waals surface area (Å²) in [5.41, 5.74) is 2.13. The summed E-state index contributed by atoms with van der Waals surface area (Å²) < 4.78 is 5.30. The van der Waals surface area contributed by atoms with Gasteiger partial charge in [-0.1, -0.05) is 41.6 Å². The number of rotatable bonds is 4. The molecule has 8 heteroatoms. The van der Waals surface area contributed by atoms with Crippen LogP contribution in [0.3, 0.4) is 0 Å². The lowest BCUT2D eigenvalue weighted by Gasteiger charge is -2.28. The van der Waals surface area contributed by atoms with Crippen LogP contribution in [-0.2, 0) is 19.1 Å². The molecular weight excluding hydrogens is 400 g/mol. The number of halogens is 1. The number of esters is 1. The second kappa shape index (κ2) is 7.14. The van der Waals surface area contributed by atoms with Crippen molar-refractivity contribution in [2.75, 3.05) is 16.8 Å². The highest BCUT2D eigenvalue weighted by molar-refractivity contribution is 8.02. The second-order valence-electron chi connectivity index (χ2n) is 6.67. The quantitative estimate of drug-likeness (QED) is 0.768. The van der Waals surface area contributed by atoms with E-state index in [2.05, 4.69) is 5.32 Å². The molecule has 1 unspecified atom stereocenters. The zero-order valence-electron chi connectivity index (χ0n) is 15.0. The van der Waals surface area contributed by atoms with Crippen LogP contribution in [0.25, 0.3) is 0 Å². The lowest BCUT2D eigenvalue weighted by Crippen LogP contribution is -2.48. The molecule has 2 aliphatic rings. The largest absolute Gasteiger partial charge is 0.453 e. The first-order valence-electron chi connectivity index (χ1n) is 8.75. The van der Waals surface area contributed by atoms with Crippen molar-refractivity contribution in [3.63, 3.8) is 0 Å². The van der Waals surface area contributed by atoms with E-state index in [0.29, 0.717) is 22.8 Å². The minimum absolute atomic E-state index is 0.117. The summed E-state index contributed by atoms with van der Waals surface area (Å²) in [4.78, 5) is 38.7. The molecule has 2 heterocycles. The maximum atomic E-state index is 12.9. The average Bonchev–Trinajstić information content (AvgIpc) is 3.18. The fourth-order valence-electron chi connectivity index (χ4n) is 3.38. The molecule has 0 radical (unpaired) electrons. The highest BCUT2D eigenvalue weighted by Crippen LogP contribution is 2.56. The third-order valence-corrected chi connectivity index (χ3v) is 6.65. The second-order valence-corrected chi connectivity index (χ2v) is 8.40. The van der Waals surface area contributed by atoms with E-state index in [0.717, 1.165) is 10.5 Å². The summed E-state index contributed by atoms with van der Waals surface area (Å²) in [6.07, 6.45) is 0.615.